The van der Waals surface area contributed by atoms with E-state index in [1.165, 1.54) is 0 Å². The summed E-state index contributed by atoms with van der Waals surface area (Å²) in [5, 5.41) is 10.9. The minimum Gasteiger partial charge on any atom is -0.362 e. The van der Waals surface area contributed by atoms with E-state index in [2.05, 4.69) is 47.6 Å². The predicted octanol–water partition coefficient (Wildman–Crippen LogP) is 2.52. The van der Waals surface area contributed by atoms with Gasteiger partial charge in [0.25, 0.3) is 0 Å². The molecule has 0 radical (unpaired) electrons. The Balaban J connectivity index is 2.12. The van der Waals surface area contributed by atoms with Crippen molar-refractivity contribution in [2.45, 2.75) is 46.7 Å². The van der Waals surface area contributed by atoms with Gasteiger partial charge in [-0.3, -0.25) is 0 Å². The van der Waals surface area contributed by atoms with Gasteiger partial charge in [0, 0.05) is 50.9 Å². The summed E-state index contributed by atoms with van der Waals surface area (Å²) >= 11 is 0. The lowest BCUT2D eigenvalue weighted by Gasteiger charge is -2.16. The van der Waals surface area contributed by atoms with Crippen LogP contribution in [0.3, 0.4) is 0 Å². The highest BCUT2D eigenvalue weighted by atomic mass is 16.5. The first-order chi connectivity index (χ1) is 12.6. The Morgan fingerprint density at radius 2 is 2.00 bits per heavy atom. The summed E-state index contributed by atoms with van der Waals surface area (Å²) in [4.78, 5) is 11.1. The van der Waals surface area contributed by atoms with Crippen molar-refractivity contribution in [1.29, 1.82) is 0 Å². The number of rotatable bonds is 8. The SMILES string of the molecule is CCNC(=NCc1cccnc1N(C)C)NCc1c(CC)noc1CC. The third-order valence-corrected chi connectivity index (χ3v) is 4.08. The molecule has 0 aliphatic carbocycles. The van der Waals surface area contributed by atoms with E-state index in [1.807, 2.05) is 25.1 Å². The summed E-state index contributed by atoms with van der Waals surface area (Å²) in [7, 11) is 3.98. The van der Waals surface area contributed by atoms with Crippen LogP contribution in [-0.4, -0.2) is 36.7 Å². The van der Waals surface area contributed by atoms with Crippen LogP contribution in [0.5, 0.6) is 0 Å². The Hall–Kier alpha value is -2.57. The van der Waals surface area contributed by atoms with Crippen molar-refractivity contribution < 1.29 is 4.52 Å². The number of aromatic nitrogens is 2. The van der Waals surface area contributed by atoms with Crippen LogP contribution in [0.15, 0.2) is 27.8 Å². The maximum Gasteiger partial charge on any atom is 0.191 e. The van der Waals surface area contributed by atoms with Gasteiger partial charge >= 0.3 is 0 Å². The van der Waals surface area contributed by atoms with Crippen molar-refractivity contribution in [3.63, 3.8) is 0 Å². The molecule has 2 aromatic heterocycles. The number of pyridine rings is 1. The van der Waals surface area contributed by atoms with Gasteiger partial charge < -0.3 is 20.1 Å². The van der Waals surface area contributed by atoms with Gasteiger partial charge in [-0.05, 0) is 19.4 Å². The highest BCUT2D eigenvalue weighted by Crippen LogP contribution is 2.16. The highest BCUT2D eigenvalue weighted by Gasteiger charge is 2.13. The van der Waals surface area contributed by atoms with Crippen molar-refractivity contribution in [2.24, 2.45) is 4.99 Å². The number of nitrogens with one attached hydrogen (secondary N) is 2. The van der Waals surface area contributed by atoms with Crippen LogP contribution in [0, 0.1) is 0 Å². The summed E-state index contributed by atoms with van der Waals surface area (Å²) in [5.41, 5.74) is 3.23. The van der Waals surface area contributed by atoms with Crippen molar-refractivity contribution in [1.82, 2.24) is 20.8 Å². The normalized spacial score (nSPS) is 11.5. The van der Waals surface area contributed by atoms with E-state index in [1.54, 1.807) is 6.20 Å². The van der Waals surface area contributed by atoms with Crippen LogP contribution in [-0.2, 0) is 25.9 Å². The number of hydrogen-bond donors (Lipinski definition) is 2. The number of aliphatic imine (C=N–C) groups is 1. The van der Waals surface area contributed by atoms with E-state index in [0.29, 0.717) is 13.1 Å². The monoisotopic (exact) mass is 358 g/mol. The summed E-state index contributed by atoms with van der Waals surface area (Å²) in [6.45, 7) is 8.22. The van der Waals surface area contributed by atoms with Crippen molar-refractivity contribution in [2.75, 3.05) is 25.5 Å². The Kier molecular flexibility index (Phi) is 7.44. The first-order valence-electron chi connectivity index (χ1n) is 9.20. The van der Waals surface area contributed by atoms with Gasteiger partial charge in [0.1, 0.15) is 11.6 Å². The van der Waals surface area contributed by atoms with Gasteiger partial charge in [-0.15, -0.1) is 0 Å². The number of aryl methyl sites for hydroxylation is 2. The third kappa shape index (κ3) is 4.97. The Morgan fingerprint density at radius 1 is 1.19 bits per heavy atom. The lowest BCUT2D eigenvalue weighted by Crippen LogP contribution is -2.37. The van der Waals surface area contributed by atoms with E-state index >= 15 is 0 Å². The van der Waals surface area contributed by atoms with Crippen molar-refractivity contribution in [3.8, 4) is 0 Å². The van der Waals surface area contributed by atoms with E-state index in [0.717, 1.165) is 53.7 Å². The van der Waals surface area contributed by atoms with E-state index in [4.69, 9.17) is 9.52 Å². The van der Waals surface area contributed by atoms with Crippen molar-refractivity contribution in [3.05, 3.63) is 40.9 Å². The second-order valence-electron chi connectivity index (χ2n) is 6.17. The molecule has 2 heterocycles. The predicted molar refractivity (Wildman–Crippen MR) is 105 cm³/mol. The largest absolute Gasteiger partial charge is 0.362 e. The molecule has 26 heavy (non-hydrogen) atoms. The molecule has 0 spiro atoms. The van der Waals surface area contributed by atoms with Gasteiger partial charge in [0.15, 0.2) is 5.96 Å². The molecule has 2 rings (SSSR count). The molecule has 0 aliphatic heterocycles. The summed E-state index contributed by atoms with van der Waals surface area (Å²) < 4.78 is 5.44. The second-order valence-corrected chi connectivity index (χ2v) is 6.17. The standard InChI is InChI=1S/C19H30N6O/c1-6-16-15(17(7-2)26-24-16)13-23-19(20-8-3)22-12-14-10-9-11-21-18(14)25(4)5/h9-11H,6-8,12-13H2,1-5H3,(H2,20,22,23). The average molecular weight is 358 g/mol. The zero-order chi connectivity index (χ0) is 18.9. The molecular formula is C19H30N6O. The molecular weight excluding hydrogens is 328 g/mol. The number of anilines is 1. The maximum atomic E-state index is 5.44. The topological polar surface area (TPSA) is 78.6 Å². The fourth-order valence-electron chi connectivity index (χ4n) is 2.77. The molecule has 0 bridgehead atoms. The third-order valence-electron chi connectivity index (χ3n) is 4.08. The minimum atomic E-state index is 0.557. The van der Waals surface area contributed by atoms with Crippen LogP contribution in [0.1, 0.15) is 43.4 Å². The van der Waals surface area contributed by atoms with Crippen LogP contribution >= 0.6 is 0 Å². The minimum absolute atomic E-state index is 0.557. The molecule has 2 aromatic rings. The molecule has 0 unspecified atom stereocenters. The highest BCUT2D eigenvalue weighted by molar-refractivity contribution is 5.79. The quantitative estimate of drug-likeness (QED) is 0.558. The molecule has 7 nitrogen and oxygen atoms in total. The van der Waals surface area contributed by atoms with Crippen LogP contribution in [0.25, 0.3) is 0 Å². The fraction of sp³-hybridized carbons (Fsp3) is 0.526. The van der Waals surface area contributed by atoms with Gasteiger partial charge in [-0.1, -0.05) is 25.1 Å². The van der Waals surface area contributed by atoms with Gasteiger partial charge in [0.05, 0.1) is 12.2 Å². The molecule has 0 aliphatic rings. The lowest BCUT2D eigenvalue weighted by molar-refractivity contribution is 0.380. The Bertz CT molecular complexity index is 701. The van der Waals surface area contributed by atoms with E-state index in [-0.39, 0.29) is 0 Å². The molecule has 7 heteroatoms. The molecule has 142 valence electrons. The summed E-state index contributed by atoms with van der Waals surface area (Å²) in [5.74, 6) is 2.64. The molecule has 0 saturated heterocycles. The van der Waals surface area contributed by atoms with E-state index in [9.17, 15) is 0 Å². The molecule has 0 amide bonds. The van der Waals surface area contributed by atoms with Crippen LogP contribution in [0.2, 0.25) is 0 Å². The molecule has 0 atom stereocenters. The molecule has 2 N–H and O–H groups in total. The summed E-state index contributed by atoms with van der Waals surface area (Å²) in [6, 6.07) is 4.00. The Labute approximate surface area is 155 Å². The maximum absolute atomic E-state index is 5.44. The second kappa shape index (κ2) is 9.79. The number of guanidine groups is 1. The lowest BCUT2D eigenvalue weighted by atomic mass is 10.1. The van der Waals surface area contributed by atoms with Crippen LogP contribution in [0.4, 0.5) is 5.82 Å². The average Bonchev–Trinajstić information content (AvgIpc) is 3.06. The number of nitrogens with zero attached hydrogens (tertiary/aromatic N) is 4. The number of hydrogen-bond acceptors (Lipinski definition) is 5. The molecule has 0 saturated carbocycles. The Morgan fingerprint density at radius 3 is 2.65 bits per heavy atom. The fourth-order valence-corrected chi connectivity index (χ4v) is 2.77. The van der Waals surface area contributed by atoms with Gasteiger partial charge in [-0.25, -0.2) is 9.98 Å². The van der Waals surface area contributed by atoms with Gasteiger partial charge in [0.2, 0.25) is 0 Å². The zero-order valence-corrected chi connectivity index (χ0v) is 16.5. The van der Waals surface area contributed by atoms with Gasteiger partial charge in [-0.2, -0.15) is 0 Å². The first-order valence-corrected chi connectivity index (χ1v) is 9.20. The summed E-state index contributed by atoms with van der Waals surface area (Å²) in [6.07, 6.45) is 3.49. The van der Waals surface area contributed by atoms with Crippen molar-refractivity contribution >= 4 is 11.8 Å². The first kappa shape index (κ1) is 19.8. The zero-order valence-electron chi connectivity index (χ0n) is 16.5. The van der Waals surface area contributed by atoms with E-state index < -0.39 is 0 Å². The van der Waals surface area contributed by atoms with Crippen LogP contribution < -0.4 is 15.5 Å². The molecule has 0 fully saturated rings. The smallest absolute Gasteiger partial charge is 0.191 e. The molecule has 0 aromatic carbocycles.